The molecule has 1 aromatic rings. The van der Waals surface area contributed by atoms with Crippen molar-refractivity contribution in [3.05, 3.63) is 18.2 Å². The molecule has 0 radical (unpaired) electrons. The van der Waals surface area contributed by atoms with E-state index in [-0.39, 0.29) is 12.8 Å². The van der Waals surface area contributed by atoms with Crippen LogP contribution in [0.2, 0.25) is 0 Å². The van der Waals surface area contributed by atoms with E-state index in [1.54, 1.807) is 0 Å². The Morgan fingerprint density at radius 2 is 1.60 bits per heavy atom. The number of aromatic amines is 1. The number of thioether (sulfide) groups is 1. The second kappa shape index (κ2) is 14.6. The molecular weight excluding hydrogens is 486 g/mol. The summed E-state index contributed by atoms with van der Waals surface area (Å²) in [5, 5.41) is 25.1. The highest BCUT2D eigenvalue weighted by Gasteiger charge is 2.32. The Hall–Kier alpha value is -3.66. The van der Waals surface area contributed by atoms with Gasteiger partial charge in [0.1, 0.15) is 18.1 Å². The first-order chi connectivity index (χ1) is 16.4. The van der Waals surface area contributed by atoms with Crippen LogP contribution in [0.4, 0.5) is 0 Å². The van der Waals surface area contributed by atoms with Gasteiger partial charge in [0.15, 0.2) is 0 Å². The van der Waals surface area contributed by atoms with Crippen LogP contribution in [0, 0.1) is 0 Å². The molecular formula is C19H29N7O8S. The van der Waals surface area contributed by atoms with Crippen molar-refractivity contribution >= 4 is 47.3 Å². The van der Waals surface area contributed by atoms with Gasteiger partial charge in [0, 0.05) is 18.3 Å². The monoisotopic (exact) mass is 515 g/mol. The number of carboxylic acids is 2. The third-order valence-corrected chi connectivity index (χ3v) is 5.26. The molecule has 1 rings (SSSR count). The van der Waals surface area contributed by atoms with E-state index in [4.69, 9.17) is 11.5 Å². The minimum absolute atomic E-state index is 0.193. The summed E-state index contributed by atoms with van der Waals surface area (Å²) < 4.78 is 0. The van der Waals surface area contributed by atoms with Gasteiger partial charge >= 0.3 is 11.9 Å². The van der Waals surface area contributed by atoms with Gasteiger partial charge in [-0.05, 0) is 18.4 Å². The van der Waals surface area contributed by atoms with E-state index >= 15 is 0 Å². The first-order valence-corrected chi connectivity index (χ1v) is 11.7. The number of carboxylic acid groups (broad SMARTS) is 2. The lowest BCUT2D eigenvalue weighted by Gasteiger charge is -2.24. The fourth-order valence-corrected chi connectivity index (χ4v) is 3.30. The summed E-state index contributed by atoms with van der Waals surface area (Å²) in [5.41, 5.74) is 11.2. The largest absolute Gasteiger partial charge is 0.481 e. The number of nitrogens with two attached hydrogens (primary N) is 2. The lowest BCUT2D eigenvalue weighted by Crippen LogP contribution is -2.58. The molecule has 0 saturated carbocycles. The van der Waals surface area contributed by atoms with Gasteiger partial charge in [0.2, 0.25) is 23.6 Å². The lowest BCUT2D eigenvalue weighted by atomic mass is 10.1. The maximum absolute atomic E-state index is 12.9. The summed E-state index contributed by atoms with van der Waals surface area (Å²) in [6.45, 7) is 0. The van der Waals surface area contributed by atoms with Crippen LogP contribution in [-0.2, 0) is 35.2 Å². The second-order valence-electron chi connectivity index (χ2n) is 7.46. The number of H-pyrrole nitrogens is 1. The number of nitrogens with one attached hydrogen (secondary N) is 4. The Morgan fingerprint density at radius 1 is 1.00 bits per heavy atom. The van der Waals surface area contributed by atoms with E-state index in [2.05, 4.69) is 25.9 Å². The number of primary amides is 1. The van der Waals surface area contributed by atoms with Crippen LogP contribution < -0.4 is 27.4 Å². The molecule has 0 saturated heterocycles. The Labute approximate surface area is 204 Å². The molecule has 1 heterocycles. The van der Waals surface area contributed by atoms with Crippen molar-refractivity contribution in [2.75, 3.05) is 12.0 Å². The zero-order valence-corrected chi connectivity index (χ0v) is 19.7. The van der Waals surface area contributed by atoms with Crippen molar-refractivity contribution in [1.29, 1.82) is 0 Å². The topological polar surface area (TPSA) is 260 Å². The maximum Gasteiger partial charge on any atom is 0.326 e. The quantitative estimate of drug-likeness (QED) is 0.109. The Morgan fingerprint density at radius 3 is 2.11 bits per heavy atom. The Balaban J connectivity index is 3.06. The number of hydrogen-bond donors (Lipinski definition) is 8. The number of aliphatic carboxylic acids is 2. The number of amides is 4. The molecule has 0 aromatic carbocycles. The second-order valence-corrected chi connectivity index (χ2v) is 8.44. The molecule has 16 heteroatoms. The van der Waals surface area contributed by atoms with E-state index in [9.17, 15) is 39.0 Å². The van der Waals surface area contributed by atoms with Crippen molar-refractivity contribution in [1.82, 2.24) is 25.9 Å². The van der Waals surface area contributed by atoms with Crippen LogP contribution in [0.5, 0.6) is 0 Å². The van der Waals surface area contributed by atoms with Gasteiger partial charge in [0.25, 0.3) is 0 Å². The number of aromatic nitrogens is 2. The van der Waals surface area contributed by atoms with Crippen LogP contribution in [0.3, 0.4) is 0 Å². The fourth-order valence-electron chi connectivity index (χ4n) is 2.81. The van der Waals surface area contributed by atoms with Gasteiger partial charge in [-0.1, -0.05) is 0 Å². The summed E-state index contributed by atoms with van der Waals surface area (Å²) in [6, 6.07) is -5.64. The highest BCUT2D eigenvalue weighted by Crippen LogP contribution is 2.05. The van der Waals surface area contributed by atoms with Gasteiger partial charge in [0.05, 0.1) is 25.2 Å². The number of nitrogens with zero attached hydrogens (tertiary/aromatic N) is 1. The predicted octanol–water partition coefficient (Wildman–Crippen LogP) is -3.08. The van der Waals surface area contributed by atoms with Gasteiger partial charge in [-0.2, -0.15) is 11.8 Å². The third-order valence-electron chi connectivity index (χ3n) is 4.61. The van der Waals surface area contributed by atoms with Crippen molar-refractivity contribution in [3.8, 4) is 0 Å². The minimum Gasteiger partial charge on any atom is -0.481 e. The molecule has 35 heavy (non-hydrogen) atoms. The highest BCUT2D eigenvalue weighted by molar-refractivity contribution is 7.98. The SMILES string of the molecule is CSCCC(N)C(=O)NC(CC(=O)O)C(=O)NC(Cc1cnc[nH]1)C(=O)NC(CC(N)=O)C(=O)O. The average molecular weight is 516 g/mol. The molecule has 4 unspecified atom stereocenters. The molecule has 0 aliphatic heterocycles. The first kappa shape index (κ1) is 29.4. The maximum atomic E-state index is 12.9. The van der Waals surface area contributed by atoms with Crippen molar-refractivity contribution < 1.29 is 39.0 Å². The number of carbonyl (C=O) groups is 6. The van der Waals surface area contributed by atoms with Crippen LogP contribution in [0.25, 0.3) is 0 Å². The highest BCUT2D eigenvalue weighted by atomic mass is 32.2. The van der Waals surface area contributed by atoms with E-state index in [0.29, 0.717) is 11.4 Å². The molecule has 0 aliphatic carbocycles. The molecule has 0 spiro atoms. The number of imidazole rings is 1. The van der Waals surface area contributed by atoms with Crippen molar-refractivity contribution in [2.45, 2.75) is 49.9 Å². The van der Waals surface area contributed by atoms with Gasteiger partial charge < -0.3 is 42.6 Å². The molecule has 15 nitrogen and oxygen atoms in total. The smallest absolute Gasteiger partial charge is 0.326 e. The van der Waals surface area contributed by atoms with E-state index in [1.165, 1.54) is 24.3 Å². The van der Waals surface area contributed by atoms with E-state index in [0.717, 1.165) is 0 Å². The van der Waals surface area contributed by atoms with E-state index < -0.39 is 72.6 Å². The molecule has 1 aromatic heterocycles. The molecule has 0 bridgehead atoms. The van der Waals surface area contributed by atoms with Crippen molar-refractivity contribution in [2.24, 2.45) is 11.5 Å². The van der Waals surface area contributed by atoms with Gasteiger partial charge in [-0.15, -0.1) is 0 Å². The fraction of sp³-hybridized carbons (Fsp3) is 0.526. The van der Waals surface area contributed by atoms with Crippen LogP contribution in [-0.4, -0.2) is 91.9 Å². The first-order valence-electron chi connectivity index (χ1n) is 10.3. The molecule has 10 N–H and O–H groups in total. The van der Waals surface area contributed by atoms with Crippen LogP contribution in [0.15, 0.2) is 12.5 Å². The molecule has 4 amide bonds. The summed E-state index contributed by atoms with van der Waals surface area (Å²) in [6.07, 6.45) is 3.07. The minimum atomic E-state index is -1.66. The van der Waals surface area contributed by atoms with Crippen LogP contribution in [0.1, 0.15) is 25.0 Å². The van der Waals surface area contributed by atoms with Crippen LogP contribution >= 0.6 is 11.8 Å². The molecule has 4 atom stereocenters. The van der Waals surface area contributed by atoms with Gasteiger partial charge in [-0.25, -0.2) is 9.78 Å². The summed E-state index contributed by atoms with van der Waals surface area (Å²) in [7, 11) is 0. The third kappa shape index (κ3) is 10.9. The van der Waals surface area contributed by atoms with Crippen molar-refractivity contribution in [3.63, 3.8) is 0 Å². The van der Waals surface area contributed by atoms with Gasteiger partial charge in [-0.3, -0.25) is 24.0 Å². The normalized spacial score (nSPS) is 14.1. The Bertz CT molecular complexity index is 911. The Kier molecular flexibility index (Phi) is 12.2. The molecule has 0 aliphatic rings. The summed E-state index contributed by atoms with van der Waals surface area (Å²) in [5.74, 6) is -6.09. The standard InChI is InChI=1S/C19H29N7O8S/c1-35-3-2-10(20)16(30)24-12(6-15(28)29)18(32)25-11(4-9-7-22-8-23-9)17(31)26-13(19(33)34)5-14(21)27/h7-8,10-13H,2-6,20H2,1H3,(H2,21,27)(H,22,23)(H,24,30)(H,25,32)(H,26,31)(H,28,29)(H,33,34). The lowest BCUT2D eigenvalue weighted by molar-refractivity contribution is -0.144. The number of carbonyl (C=O) groups excluding carboxylic acids is 4. The molecule has 194 valence electrons. The number of hydrogen-bond acceptors (Lipinski definition) is 9. The zero-order valence-electron chi connectivity index (χ0n) is 18.9. The summed E-state index contributed by atoms with van der Waals surface area (Å²) in [4.78, 5) is 78.3. The number of rotatable bonds is 16. The molecule has 0 fully saturated rings. The van der Waals surface area contributed by atoms with E-state index in [1.807, 2.05) is 6.26 Å². The summed E-state index contributed by atoms with van der Waals surface area (Å²) >= 11 is 1.45. The average Bonchev–Trinajstić information content (AvgIpc) is 3.28. The predicted molar refractivity (Wildman–Crippen MR) is 123 cm³/mol. The zero-order chi connectivity index (χ0) is 26.5.